The van der Waals surface area contributed by atoms with E-state index in [0.29, 0.717) is 5.56 Å². The summed E-state index contributed by atoms with van der Waals surface area (Å²) >= 11 is 14.3. The van der Waals surface area contributed by atoms with Gasteiger partial charge in [0.1, 0.15) is 95.5 Å². The van der Waals surface area contributed by atoms with Gasteiger partial charge in [-0.2, -0.15) is 0 Å². The van der Waals surface area contributed by atoms with Crippen LogP contribution in [0.1, 0.15) is 111 Å². The molecular formula is C73H82Cl2N10O23. The van der Waals surface area contributed by atoms with Crippen LogP contribution in [0.5, 0.6) is 46.0 Å². The van der Waals surface area contributed by atoms with Crippen LogP contribution in [0.25, 0.3) is 11.1 Å². The van der Waals surface area contributed by atoms with Gasteiger partial charge in [0, 0.05) is 35.7 Å². The Morgan fingerprint density at radius 2 is 1.31 bits per heavy atom. The molecule has 6 aromatic rings. The summed E-state index contributed by atoms with van der Waals surface area (Å²) < 4.78 is 38.6. The molecule has 11 bridgehead atoms. The number of halogens is 2. The number of aliphatic hydroxyl groups is 6. The molecule has 6 aromatic carbocycles. The number of benzene rings is 6. The number of carbonyl (C=O) groups excluding carboxylic acids is 8. The van der Waals surface area contributed by atoms with Crippen molar-refractivity contribution in [1.29, 1.82) is 0 Å². The first-order chi connectivity index (χ1) is 51.2. The molecule has 576 valence electrons. The van der Waals surface area contributed by atoms with Crippen LogP contribution in [0.15, 0.2) is 109 Å². The van der Waals surface area contributed by atoms with Crippen molar-refractivity contribution in [2.75, 3.05) is 13.7 Å². The highest BCUT2D eigenvalue weighted by Gasteiger charge is 2.52. The number of hydrogen-bond donors (Lipinski definition) is 19. The summed E-state index contributed by atoms with van der Waals surface area (Å²) in [5.74, 6) is -14.6. The second-order valence-corrected chi connectivity index (χ2v) is 28.4. The number of phenols is 3. The maximum absolute atomic E-state index is 16.2. The van der Waals surface area contributed by atoms with Crippen molar-refractivity contribution in [3.05, 3.63) is 153 Å². The fourth-order valence-electron chi connectivity index (χ4n) is 13.4. The Morgan fingerprint density at radius 3 is 1.93 bits per heavy atom. The van der Waals surface area contributed by atoms with Crippen molar-refractivity contribution in [3.8, 4) is 57.1 Å². The Balaban J connectivity index is 1.15. The summed E-state index contributed by atoms with van der Waals surface area (Å²) in [5.41, 5.74) is 9.18. The number of hydrogen-bond acceptors (Lipinski definition) is 25. The predicted octanol–water partition coefficient (Wildman–Crippen LogP) is 1.34. The Hall–Kier alpha value is -9.98. The quantitative estimate of drug-likeness (QED) is 0.0690. The van der Waals surface area contributed by atoms with Crippen molar-refractivity contribution in [1.82, 2.24) is 42.5 Å². The number of primary amides is 1. The van der Waals surface area contributed by atoms with Crippen LogP contribution in [0.3, 0.4) is 0 Å². The third-order valence-corrected chi connectivity index (χ3v) is 19.7. The molecule has 2 fully saturated rings. The zero-order valence-corrected chi connectivity index (χ0v) is 60.0. The molecule has 7 aliphatic heterocycles. The van der Waals surface area contributed by atoms with Gasteiger partial charge in [-0.05, 0) is 121 Å². The molecule has 13 rings (SSSR count). The molecule has 0 radical (unpaired) electrons. The minimum absolute atomic E-state index is 0.0964. The zero-order valence-electron chi connectivity index (χ0n) is 58.5. The first-order valence-corrected chi connectivity index (χ1v) is 35.0. The number of carbonyl (C=O) groups is 8. The van der Waals surface area contributed by atoms with E-state index >= 15 is 19.2 Å². The minimum Gasteiger partial charge on any atom is -0.508 e. The zero-order chi connectivity index (χ0) is 78.1. The molecule has 0 aliphatic carbocycles. The third kappa shape index (κ3) is 17.1. The van der Waals surface area contributed by atoms with E-state index in [4.69, 9.17) is 63.1 Å². The highest BCUT2D eigenvalue weighted by Crippen LogP contribution is 2.50. The van der Waals surface area contributed by atoms with E-state index in [-0.39, 0.29) is 69.6 Å². The second-order valence-electron chi connectivity index (χ2n) is 27.6. The molecule has 35 heteroatoms. The van der Waals surface area contributed by atoms with Crippen molar-refractivity contribution < 1.29 is 113 Å². The molecule has 0 aromatic heterocycles. The maximum atomic E-state index is 16.2. The summed E-state index contributed by atoms with van der Waals surface area (Å²) in [7, 11) is 1.48. The van der Waals surface area contributed by atoms with Crippen molar-refractivity contribution in [2.45, 2.75) is 163 Å². The summed E-state index contributed by atoms with van der Waals surface area (Å²) in [5, 5.41) is 125. The molecule has 0 unspecified atom stereocenters. The molecule has 0 saturated carbocycles. The van der Waals surface area contributed by atoms with E-state index in [1.54, 1.807) is 30.3 Å². The van der Waals surface area contributed by atoms with Crippen molar-refractivity contribution >= 4 is 70.5 Å². The third-order valence-electron chi connectivity index (χ3n) is 19.1. The van der Waals surface area contributed by atoms with Gasteiger partial charge in [-0.15, -0.1) is 0 Å². The molecule has 108 heavy (non-hydrogen) atoms. The molecule has 7 aliphatic rings. The fourth-order valence-corrected chi connectivity index (χ4v) is 13.8. The van der Waals surface area contributed by atoms with Crippen LogP contribution < -0.4 is 68.2 Å². The largest absolute Gasteiger partial charge is 0.508 e. The number of amides is 8. The number of likely N-dealkylation sites (N-methyl/N-ethyl adjacent to an activating group) is 1. The second kappa shape index (κ2) is 32.8. The molecule has 18 atom stereocenters. The lowest BCUT2D eigenvalue weighted by molar-refractivity contribution is -0.333. The number of nitrogens with one attached hydrogen (secondary N) is 8. The predicted molar refractivity (Wildman–Crippen MR) is 380 cm³/mol. The van der Waals surface area contributed by atoms with Crippen LogP contribution in [-0.2, 0) is 59.1 Å². The first kappa shape index (κ1) is 79.1. The van der Waals surface area contributed by atoms with Gasteiger partial charge < -0.3 is 128 Å². The average Bonchev–Trinajstić information content (AvgIpc) is 0.766. The highest BCUT2D eigenvalue weighted by molar-refractivity contribution is 6.32. The van der Waals surface area contributed by atoms with Gasteiger partial charge in [-0.25, -0.2) is 0 Å². The smallest absolute Gasteiger partial charge is 0.248 e. The van der Waals surface area contributed by atoms with Crippen molar-refractivity contribution in [3.63, 3.8) is 0 Å². The summed E-state index contributed by atoms with van der Waals surface area (Å²) in [6.45, 7) is 5.54. The number of ether oxygens (including phenoxy) is 6. The highest BCUT2D eigenvalue weighted by atomic mass is 35.5. The van der Waals surface area contributed by atoms with Gasteiger partial charge in [0.15, 0.2) is 23.9 Å². The molecule has 0 spiro atoms. The summed E-state index contributed by atoms with van der Waals surface area (Å²) in [4.78, 5) is 120. The lowest BCUT2D eigenvalue weighted by Crippen LogP contribution is -2.64. The molecular weight excluding hydrogens is 1460 g/mol. The van der Waals surface area contributed by atoms with E-state index in [1.165, 1.54) is 39.1 Å². The monoisotopic (exact) mass is 1540 g/mol. The Labute approximate surface area is 626 Å². The van der Waals surface area contributed by atoms with Gasteiger partial charge >= 0.3 is 0 Å². The SMILES string of the molecule is CN[C@H](CC(C)C)C(=O)N[C@H]1C(=O)N[C@@H](CC(N)=O)C(=O)N[C@H]2C(=O)N[C@H]3C(=O)N[C@H](C(=O)N[C@H](C(=O)NCc4ccccc4)c4cc(O)cc(O)c4-c4cc3ccc4O)[C@H](O)c3ccc(c(Cl)c3)Oc3cc2cc(c3O[C@@H]2O[C@H](CO)[C@@H](O)[C@H](O)[C@H]2O[C@H]2C[C@](C)(N)[C@@H](O)[C@H](C)O2)Oc2ccc(cc2Cl)[C@H]1O. The number of fused-ring (bicyclic) bond motifs is 15. The van der Waals surface area contributed by atoms with Gasteiger partial charge in [0.2, 0.25) is 59.3 Å². The topological polar surface area (TPSA) is 522 Å². The number of rotatable bonds is 15. The van der Waals surface area contributed by atoms with Gasteiger partial charge in [-0.1, -0.05) is 85.6 Å². The van der Waals surface area contributed by atoms with E-state index in [9.17, 15) is 65.1 Å². The van der Waals surface area contributed by atoms with Gasteiger partial charge in [-0.3, -0.25) is 38.4 Å². The standard InChI is InChI=1S/C73H82Cl2N10O23/c1-29(2)17-41(78-5)65(96)84-56-58(91)33-12-15-45(39(74)19-33)104-47-21-35-22-48(62(47)108-72-63(61(94)60(93)49(28-86)106-72)107-51-26-73(4,77)64(95)30(3)103-51)105-46-16-13-34(20-40(46)75)59(92)57-71(102)83-55(67(98)79-27-31-9-7-6-8-10-31)38-23-36(87)24-44(89)52(38)37-18-32(11-14-43(37)88)53(68(99)85-57)82-69(100)54(35)81-66(97)42(25-50(76)90)80-70(56)101/h6-16,18-24,29-30,41-42,49,51,53-61,63-64,72,78,86-89,91-95H,17,25-28,77H2,1-5H3,(H2,76,90)(H,79,98)(H,80,101)(H,81,97)(H,82,100)(H,83,102)(H,84,96)(H,85,99)/t30-,41+,42-,49+,51-,53+,54+,55-,56+,57-,58+,59+,60+,61-,63+,64-,72-,73-/m0/s1. The summed E-state index contributed by atoms with van der Waals surface area (Å²) in [6, 6.07) is 8.86. The number of phenolic OH excluding ortho intramolecular Hbond substituents is 3. The maximum Gasteiger partial charge on any atom is 0.248 e. The number of aliphatic hydroxyl groups excluding tert-OH is 6. The van der Waals surface area contributed by atoms with Crippen LogP contribution >= 0.6 is 23.2 Å². The van der Waals surface area contributed by atoms with Crippen LogP contribution in [0, 0.1) is 5.92 Å². The van der Waals surface area contributed by atoms with Gasteiger partial charge in [0.25, 0.3) is 0 Å². The van der Waals surface area contributed by atoms with Crippen LogP contribution in [0.2, 0.25) is 10.0 Å². The first-order valence-electron chi connectivity index (χ1n) is 34.3. The van der Waals surface area contributed by atoms with E-state index in [2.05, 4.69) is 42.5 Å². The van der Waals surface area contributed by atoms with Gasteiger partial charge in [0.05, 0.1) is 41.3 Å². The lowest BCUT2D eigenvalue weighted by Gasteiger charge is -2.47. The van der Waals surface area contributed by atoms with Crippen LogP contribution in [-0.4, -0.2) is 186 Å². The molecule has 33 nitrogen and oxygen atoms in total. The molecule has 8 amide bonds. The molecule has 7 heterocycles. The van der Waals surface area contributed by atoms with E-state index in [1.807, 2.05) is 13.8 Å². The van der Waals surface area contributed by atoms with Crippen molar-refractivity contribution in [2.24, 2.45) is 17.4 Å². The Kier molecular flexibility index (Phi) is 24.1. The summed E-state index contributed by atoms with van der Waals surface area (Å²) in [6.07, 6.45) is -18.5. The fraction of sp³-hybridized carbons (Fsp3) is 0.397. The lowest BCUT2D eigenvalue weighted by atomic mass is 9.86. The Morgan fingerprint density at radius 1 is 0.694 bits per heavy atom. The number of nitrogens with two attached hydrogens (primary N) is 2. The normalized spacial score (nSPS) is 28.2. The van der Waals surface area contributed by atoms with Crippen LogP contribution in [0.4, 0.5) is 0 Å². The minimum atomic E-state index is -2.34. The molecule has 2 saturated heterocycles. The average molecular weight is 1540 g/mol. The number of aromatic hydroxyl groups is 3. The molecule has 21 N–H and O–H groups in total. The van der Waals surface area contributed by atoms with E-state index in [0.717, 1.165) is 60.7 Å². The van der Waals surface area contributed by atoms with E-state index < -0.39 is 220 Å². The Bertz CT molecular complexity index is 4450.